The van der Waals surface area contributed by atoms with Crippen molar-refractivity contribution in [2.75, 3.05) is 0 Å². The normalized spacial score (nSPS) is 16.6. The number of ether oxygens (including phenoxy) is 1. The Kier molecular flexibility index (Phi) is 3.97. The van der Waals surface area contributed by atoms with Gasteiger partial charge in [-0.25, -0.2) is 9.79 Å². The zero-order valence-electron chi connectivity index (χ0n) is 12.2. The molecule has 0 amide bonds. The minimum Gasteiger partial charge on any atom is -0.402 e. The van der Waals surface area contributed by atoms with Gasteiger partial charge in [0.05, 0.1) is 0 Å². The van der Waals surface area contributed by atoms with Crippen LogP contribution >= 0.6 is 0 Å². The maximum atomic E-state index is 11.9. The van der Waals surface area contributed by atoms with Crippen LogP contribution in [0.5, 0.6) is 0 Å². The zero-order chi connectivity index (χ0) is 15.4. The van der Waals surface area contributed by atoms with Crippen LogP contribution in [0.3, 0.4) is 0 Å². The predicted octanol–water partition coefficient (Wildman–Crippen LogP) is 3.98. The molecule has 0 spiro atoms. The lowest BCUT2D eigenvalue weighted by Crippen LogP contribution is -2.05. The minimum atomic E-state index is -0.417. The maximum absolute atomic E-state index is 11.9. The highest BCUT2D eigenvalue weighted by molar-refractivity contribution is 6.11. The fourth-order valence-corrected chi connectivity index (χ4v) is 2.18. The minimum absolute atomic E-state index is 0.323. The molecule has 0 radical (unpaired) electrons. The van der Waals surface area contributed by atoms with Crippen molar-refractivity contribution in [1.29, 1.82) is 0 Å². The highest BCUT2D eigenvalue weighted by atomic mass is 16.6. The van der Waals surface area contributed by atoms with Crippen molar-refractivity contribution in [2.45, 2.75) is 6.92 Å². The molecule has 0 aromatic heterocycles. The summed E-state index contributed by atoms with van der Waals surface area (Å²) in [4.78, 5) is 16.2. The Morgan fingerprint density at radius 2 is 1.64 bits per heavy atom. The summed E-state index contributed by atoms with van der Waals surface area (Å²) in [6.07, 6.45) is 3.74. The maximum Gasteiger partial charge on any atom is 0.363 e. The van der Waals surface area contributed by atoms with E-state index in [9.17, 15) is 4.79 Å². The van der Waals surface area contributed by atoms with Crippen molar-refractivity contribution in [1.82, 2.24) is 0 Å². The summed E-state index contributed by atoms with van der Waals surface area (Å²) in [5.41, 5.74) is 3.14. The Bertz CT molecular complexity index is 772. The van der Waals surface area contributed by atoms with Gasteiger partial charge in [-0.3, -0.25) is 0 Å². The highest BCUT2D eigenvalue weighted by Gasteiger charge is 2.23. The summed E-state index contributed by atoms with van der Waals surface area (Å²) in [6, 6.07) is 19.3. The monoisotopic (exact) mass is 289 g/mol. The number of hydrogen-bond donors (Lipinski definition) is 0. The van der Waals surface area contributed by atoms with Gasteiger partial charge in [-0.2, -0.15) is 0 Å². The second-order valence-electron chi connectivity index (χ2n) is 5.00. The largest absolute Gasteiger partial charge is 0.402 e. The van der Waals surface area contributed by atoms with Crippen LogP contribution in [0, 0.1) is 0 Å². The molecular weight excluding hydrogens is 274 g/mol. The lowest BCUT2D eigenvalue weighted by Gasteiger charge is -1.97. The molecule has 2 aromatic rings. The predicted molar refractivity (Wildman–Crippen MR) is 87.2 cm³/mol. The molecule has 0 aliphatic carbocycles. The van der Waals surface area contributed by atoms with Crippen LogP contribution in [0.2, 0.25) is 0 Å². The number of rotatable bonds is 3. The van der Waals surface area contributed by atoms with E-state index in [1.54, 1.807) is 6.08 Å². The smallest absolute Gasteiger partial charge is 0.363 e. The third-order valence-electron chi connectivity index (χ3n) is 3.20. The van der Waals surface area contributed by atoms with E-state index in [0.29, 0.717) is 11.6 Å². The molecule has 2 aromatic carbocycles. The van der Waals surface area contributed by atoms with E-state index in [4.69, 9.17) is 4.74 Å². The summed E-state index contributed by atoms with van der Waals surface area (Å²) in [5, 5.41) is 0. The Labute approximate surface area is 129 Å². The molecule has 3 nitrogen and oxygen atoms in total. The molecule has 1 aliphatic rings. The van der Waals surface area contributed by atoms with Crippen LogP contribution in [0.25, 0.3) is 6.08 Å². The molecule has 1 heterocycles. The number of cyclic esters (lactones) is 1. The third kappa shape index (κ3) is 3.20. The van der Waals surface area contributed by atoms with Crippen LogP contribution in [-0.2, 0) is 9.53 Å². The van der Waals surface area contributed by atoms with Gasteiger partial charge in [-0.1, -0.05) is 54.6 Å². The molecule has 22 heavy (non-hydrogen) atoms. The van der Waals surface area contributed by atoms with E-state index in [2.05, 4.69) is 4.99 Å². The molecule has 0 saturated heterocycles. The molecule has 108 valence electrons. The molecule has 0 atom stereocenters. The summed E-state index contributed by atoms with van der Waals surface area (Å²) >= 11 is 0. The fraction of sp³-hybridized carbons (Fsp3) is 0.0526. The number of carbonyl (C=O) groups is 1. The van der Waals surface area contributed by atoms with Crippen molar-refractivity contribution in [3.8, 4) is 0 Å². The van der Waals surface area contributed by atoms with Crippen molar-refractivity contribution in [3.05, 3.63) is 89.1 Å². The van der Waals surface area contributed by atoms with Crippen LogP contribution in [0.15, 0.2) is 83.0 Å². The first kappa shape index (κ1) is 14.0. The molecule has 3 rings (SSSR count). The van der Waals surface area contributed by atoms with Crippen molar-refractivity contribution >= 4 is 17.9 Å². The van der Waals surface area contributed by atoms with Gasteiger partial charge in [0, 0.05) is 5.56 Å². The van der Waals surface area contributed by atoms with E-state index in [1.165, 1.54) is 0 Å². The summed E-state index contributed by atoms with van der Waals surface area (Å²) in [5.74, 6) is -0.0657. The Balaban J connectivity index is 1.86. The van der Waals surface area contributed by atoms with Gasteiger partial charge in [-0.05, 0) is 36.3 Å². The first-order chi connectivity index (χ1) is 10.7. The fourth-order valence-electron chi connectivity index (χ4n) is 2.18. The first-order valence-electron chi connectivity index (χ1n) is 7.04. The molecule has 3 heteroatoms. The average Bonchev–Trinajstić information content (AvgIpc) is 2.90. The lowest BCUT2D eigenvalue weighted by atomic mass is 10.1. The second-order valence-corrected chi connectivity index (χ2v) is 5.00. The van der Waals surface area contributed by atoms with Gasteiger partial charge in [0.15, 0.2) is 5.70 Å². The van der Waals surface area contributed by atoms with Gasteiger partial charge >= 0.3 is 5.97 Å². The number of carbonyl (C=O) groups excluding carboxylic acids is 1. The number of hydrogen-bond acceptors (Lipinski definition) is 3. The van der Waals surface area contributed by atoms with Crippen LogP contribution < -0.4 is 0 Å². The molecule has 0 saturated carbocycles. The number of allylic oxidation sites excluding steroid dienone is 2. The van der Waals surface area contributed by atoms with E-state index >= 15 is 0 Å². The zero-order valence-corrected chi connectivity index (χ0v) is 12.2. The van der Waals surface area contributed by atoms with E-state index in [0.717, 1.165) is 16.7 Å². The van der Waals surface area contributed by atoms with E-state index in [1.807, 2.05) is 73.7 Å². The van der Waals surface area contributed by atoms with Crippen molar-refractivity contribution < 1.29 is 9.53 Å². The number of esters is 1. The molecule has 0 unspecified atom stereocenters. The average molecular weight is 289 g/mol. The van der Waals surface area contributed by atoms with Crippen LogP contribution in [0.4, 0.5) is 0 Å². The van der Waals surface area contributed by atoms with Gasteiger partial charge in [-0.15, -0.1) is 0 Å². The van der Waals surface area contributed by atoms with Crippen molar-refractivity contribution in [2.24, 2.45) is 4.99 Å². The molecule has 1 aliphatic heterocycles. The topological polar surface area (TPSA) is 38.7 Å². The SMILES string of the molecule is CC(=Cc1ccccc1)/C=C1\N=C(c2ccccc2)OC1=O. The molecule has 0 N–H and O–H groups in total. The van der Waals surface area contributed by atoms with Crippen molar-refractivity contribution in [3.63, 3.8) is 0 Å². The summed E-state index contributed by atoms with van der Waals surface area (Å²) in [6.45, 7) is 1.93. The van der Waals surface area contributed by atoms with Crippen LogP contribution in [-0.4, -0.2) is 11.9 Å². The number of benzene rings is 2. The molecular formula is C19H15NO2. The third-order valence-corrected chi connectivity index (χ3v) is 3.20. The van der Waals surface area contributed by atoms with Gasteiger partial charge in [0.1, 0.15) is 0 Å². The Hall–Kier alpha value is -2.94. The highest BCUT2D eigenvalue weighted by Crippen LogP contribution is 2.18. The molecule has 0 bridgehead atoms. The van der Waals surface area contributed by atoms with E-state index in [-0.39, 0.29) is 0 Å². The summed E-state index contributed by atoms with van der Waals surface area (Å²) < 4.78 is 5.23. The van der Waals surface area contributed by atoms with Gasteiger partial charge in [0.2, 0.25) is 5.90 Å². The summed E-state index contributed by atoms with van der Waals surface area (Å²) in [7, 11) is 0. The number of nitrogens with zero attached hydrogens (tertiary/aromatic N) is 1. The van der Waals surface area contributed by atoms with Crippen LogP contribution in [0.1, 0.15) is 18.1 Å². The Morgan fingerprint density at radius 3 is 2.32 bits per heavy atom. The van der Waals surface area contributed by atoms with Gasteiger partial charge < -0.3 is 4.74 Å². The van der Waals surface area contributed by atoms with E-state index < -0.39 is 5.97 Å². The molecule has 0 fully saturated rings. The Morgan fingerprint density at radius 1 is 1.00 bits per heavy atom. The second kappa shape index (κ2) is 6.22. The quantitative estimate of drug-likeness (QED) is 0.633. The first-order valence-corrected chi connectivity index (χ1v) is 7.04. The lowest BCUT2D eigenvalue weighted by molar-refractivity contribution is -0.130. The van der Waals surface area contributed by atoms with Gasteiger partial charge in [0.25, 0.3) is 0 Å². The number of aliphatic imine (C=N–C) groups is 1. The standard InChI is InChI=1S/C19H15NO2/c1-14(12-15-8-4-2-5-9-15)13-17-19(21)22-18(20-17)16-10-6-3-7-11-16/h2-13H,1H3/b14-12?,17-13-.